The zero-order valence-electron chi connectivity index (χ0n) is 13.2. The van der Waals surface area contributed by atoms with Crippen molar-refractivity contribution < 1.29 is 14.3 Å². The number of anilines is 1. The monoisotopic (exact) mass is 297 g/mol. The van der Waals surface area contributed by atoms with Gasteiger partial charge in [0.2, 0.25) is 5.95 Å². The Morgan fingerprint density at radius 2 is 1.90 bits per heavy atom. The van der Waals surface area contributed by atoms with E-state index in [1.807, 2.05) is 27.7 Å². The molecule has 0 aliphatic rings. The van der Waals surface area contributed by atoms with E-state index in [4.69, 9.17) is 9.47 Å². The fourth-order valence-electron chi connectivity index (χ4n) is 1.38. The molecule has 0 unspecified atom stereocenters. The Labute approximate surface area is 124 Å². The first-order valence-corrected chi connectivity index (χ1v) is 6.86. The number of alkyl carbamates (subject to hydrolysis) is 1. The summed E-state index contributed by atoms with van der Waals surface area (Å²) in [7, 11) is 0. The lowest BCUT2D eigenvalue weighted by molar-refractivity contribution is 0.0530. The number of amides is 1. The van der Waals surface area contributed by atoms with Gasteiger partial charge in [-0.05, 0) is 34.6 Å². The maximum atomic E-state index is 11.4. The standard InChI is InChI=1S/C13H23N5O3/c1-6-20-11-17-9(2)16-10(18-11)14-7-8-15-12(19)21-13(3,4)5/h6-8H2,1-5H3,(H,15,19)(H,14,16,17,18). The first kappa shape index (κ1) is 16.9. The Morgan fingerprint density at radius 1 is 1.19 bits per heavy atom. The summed E-state index contributed by atoms with van der Waals surface area (Å²) in [5, 5.41) is 5.63. The molecule has 8 nitrogen and oxygen atoms in total. The van der Waals surface area contributed by atoms with Crippen LogP contribution in [0.25, 0.3) is 0 Å². The molecule has 21 heavy (non-hydrogen) atoms. The number of carbonyl (C=O) groups excluding carboxylic acids is 1. The number of hydrogen-bond acceptors (Lipinski definition) is 7. The van der Waals surface area contributed by atoms with Crippen molar-refractivity contribution in [2.24, 2.45) is 0 Å². The van der Waals surface area contributed by atoms with Crippen molar-refractivity contribution in [3.63, 3.8) is 0 Å². The van der Waals surface area contributed by atoms with Gasteiger partial charge in [0.25, 0.3) is 0 Å². The number of ether oxygens (including phenoxy) is 2. The van der Waals surface area contributed by atoms with E-state index in [1.54, 1.807) is 6.92 Å². The van der Waals surface area contributed by atoms with E-state index in [9.17, 15) is 4.79 Å². The van der Waals surface area contributed by atoms with E-state index in [-0.39, 0.29) is 6.01 Å². The van der Waals surface area contributed by atoms with Gasteiger partial charge in [0.1, 0.15) is 11.4 Å². The molecular formula is C13H23N5O3. The molecule has 118 valence electrons. The first-order valence-electron chi connectivity index (χ1n) is 6.86. The molecule has 1 aromatic heterocycles. The topological polar surface area (TPSA) is 98.3 Å². The number of rotatable bonds is 6. The average Bonchev–Trinajstić information content (AvgIpc) is 2.32. The van der Waals surface area contributed by atoms with Crippen molar-refractivity contribution in [1.82, 2.24) is 20.3 Å². The van der Waals surface area contributed by atoms with Crippen LogP contribution in [0.1, 0.15) is 33.5 Å². The van der Waals surface area contributed by atoms with Crippen molar-refractivity contribution in [3.8, 4) is 6.01 Å². The molecule has 1 aromatic rings. The third-order valence-corrected chi connectivity index (χ3v) is 2.08. The van der Waals surface area contributed by atoms with Gasteiger partial charge in [-0.15, -0.1) is 0 Å². The number of nitrogens with zero attached hydrogens (tertiary/aromatic N) is 3. The molecule has 8 heteroatoms. The molecule has 0 fully saturated rings. The molecule has 0 aromatic carbocycles. The normalized spacial score (nSPS) is 10.9. The summed E-state index contributed by atoms with van der Waals surface area (Å²) < 4.78 is 10.4. The molecule has 1 amide bonds. The predicted molar refractivity (Wildman–Crippen MR) is 78.5 cm³/mol. The summed E-state index contributed by atoms with van der Waals surface area (Å²) in [5.74, 6) is 0.980. The van der Waals surface area contributed by atoms with E-state index >= 15 is 0 Å². The summed E-state index contributed by atoms with van der Waals surface area (Å²) >= 11 is 0. The van der Waals surface area contributed by atoms with Gasteiger partial charge in [0.15, 0.2) is 0 Å². The third-order valence-electron chi connectivity index (χ3n) is 2.08. The molecule has 1 rings (SSSR count). The molecule has 0 radical (unpaired) electrons. The van der Waals surface area contributed by atoms with Crippen LogP contribution < -0.4 is 15.4 Å². The van der Waals surface area contributed by atoms with E-state index < -0.39 is 11.7 Å². The van der Waals surface area contributed by atoms with E-state index in [2.05, 4.69) is 25.6 Å². The van der Waals surface area contributed by atoms with Crippen LogP contribution in [0.4, 0.5) is 10.7 Å². The minimum Gasteiger partial charge on any atom is -0.464 e. The summed E-state index contributed by atoms with van der Waals surface area (Å²) in [6, 6.07) is 0.285. The molecule has 0 saturated heterocycles. The lowest BCUT2D eigenvalue weighted by Gasteiger charge is -2.19. The minimum atomic E-state index is -0.505. The van der Waals surface area contributed by atoms with Crippen molar-refractivity contribution in [1.29, 1.82) is 0 Å². The van der Waals surface area contributed by atoms with Crippen molar-refractivity contribution in [2.75, 3.05) is 25.0 Å². The molecule has 0 saturated carbocycles. The highest BCUT2D eigenvalue weighted by molar-refractivity contribution is 5.67. The Bertz CT molecular complexity index is 473. The van der Waals surface area contributed by atoms with Crippen LogP contribution in [-0.2, 0) is 4.74 Å². The molecule has 0 bridgehead atoms. The first-order chi connectivity index (χ1) is 9.80. The SMILES string of the molecule is CCOc1nc(C)nc(NCCNC(=O)OC(C)(C)C)n1. The van der Waals surface area contributed by atoms with Crippen LogP contribution in [0.2, 0.25) is 0 Å². The fraction of sp³-hybridized carbons (Fsp3) is 0.692. The van der Waals surface area contributed by atoms with Crippen molar-refractivity contribution in [3.05, 3.63) is 5.82 Å². The van der Waals surface area contributed by atoms with Gasteiger partial charge in [-0.3, -0.25) is 0 Å². The lowest BCUT2D eigenvalue weighted by atomic mass is 10.2. The lowest BCUT2D eigenvalue weighted by Crippen LogP contribution is -2.35. The molecule has 1 heterocycles. The van der Waals surface area contributed by atoms with Gasteiger partial charge < -0.3 is 20.1 Å². The van der Waals surface area contributed by atoms with E-state index in [0.717, 1.165) is 0 Å². The van der Waals surface area contributed by atoms with Crippen LogP contribution in [0.15, 0.2) is 0 Å². The van der Waals surface area contributed by atoms with Crippen LogP contribution in [-0.4, -0.2) is 46.3 Å². The fourth-order valence-corrected chi connectivity index (χ4v) is 1.38. The Balaban J connectivity index is 2.37. The Kier molecular flexibility index (Phi) is 6.13. The molecular weight excluding hydrogens is 274 g/mol. The number of aryl methyl sites for hydroxylation is 1. The number of aromatic nitrogens is 3. The zero-order valence-corrected chi connectivity index (χ0v) is 13.2. The zero-order chi connectivity index (χ0) is 15.9. The molecule has 0 aliphatic heterocycles. The van der Waals surface area contributed by atoms with Gasteiger partial charge in [0, 0.05) is 13.1 Å². The number of hydrogen-bond donors (Lipinski definition) is 2. The minimum absolute atomic E-state index is 0.285. The van der Waals surface area contributed by atoms with Crippen LogP contribution in [0.3, 0.4) is 0 Å². The smallest absolute Gasteiger partial charge is 0.407 e. The van der Waals surface area contributed by atoms with Gasteiger partial charge in [-0.2, -0.15) is 15.0 Å². The summed E-state index contributed by atoms with van der Waals surface area (Å²) in [6.45, 7) is 10.4. The Morgan fingerprint density at radius 3 is 2.52 bits per heavy atom. The predicted octanol–water partition coefficient (Wildman–Crippen LogP) is 1.52. The quantitative estimate of drug-likeness (QED) is 0.768. The molecule has 2 N–H and O–H groups in total. The summed E-state index contributed by atoms with van der Waals surface area (Å²) in [4.78, 5) is 23.7. The second-order valence-corrected chi connectivity index (χ2v) is 5.28. The Hall–Kier alpha value is -2.12. The largest absolute Gasteiger partial charge is 0.464 e. The number of nitrogens with one attached hydrogen (secondary N) is 2. The molecule has 0 atom stereocenters. The van der Waals surface area contributed by atoms with Crippen molar-refractivity contribution in [2.45, 2.75) is 40.2 Å². The highest BCUT2D eigenvalue weighted by Crippen LogP contribution is 2.07. The molecule has 0 aliphatic carbocycles. The number of carbonyl (C=O) groups is 1. The maximum Gasteiger partial charge on any atom is 0.407 e. The van der Waals surface area contributed by atoms with Gasteiger partial charge in [-0.1, -0.05) is 0 Å². The van der Waals surface area contributed by atoms with Gasteiger partial charge in [0.05, 0.1) is 6.61 Å². The van der Waals surface area contributed by atoms with Gasteiger partial charge in [-0.25, -0.2) is 4.79 Å². The summed E-state index contributed by atoms with van der Waals surface area (Å²) in [5.41, 5.74) is -0.505. The highest BCUT2D eigenvalue weighted by Gasteiger charge is 2.15. The van der Waals surface area contributed by atoms with Crippen molar-refractivity contribution >= 4 is 12.0 Å². The second-order valence-electron chi connectivity index (χ2n) is 5.28. The third kappa shape index (κ3) is 7.28. The second kappa shape index (κ2) is 7.61. The summed E-state index contributed by atoms with van der Waals surface area (Å²) in [6.07, 6.45) is -0.453. The highest BCUT2D eigenvalue weighted by atomic mass is 16.6. The average molecular weight is 297 g/mol. The van der Waals surface area contributed by atoms with E-state index in [0.29, 0.717) is 31.5 Å². The van der Waals surface area contributed by atoms with Gasteiger partial charge >= 0.3 is 12.1 Å². The maximum absolute atomic E-state index is 11.4. The van der Waals surface area contributed by atoms with Crippen LogP contribution in [0.5, 0.6) is 6.01 Å². The van der Waals surface area contributed by atoms with E-state index in [1.165, 1.54) is 0 Å². The molecule has 0 spiro atoms. The van der Waals surface area contributed by atoms with Crippen LogP contribution >= 0.6 is 0 Å². The van der Waals surface area contributed by atoms with Crippen LogP contribution in [0, 0.1) is 6.92 Å².